The predicted molar refractivity (Wildman–Crippen MR) is 55.1 cm³/mol. The molecule has 1 aromatic heterocycles. The minimum absolute atomic E-state index is 1.00. The van der Waals surface area contributed by atoms with Gasteiger partial charge in [0.15, 0.2) is 0 Å². The van der Waals surface area contributed by atoms with E-state index >= 15 is 0 Å². The van der Waals surface area contributed by atoms with E-state index in [-0.39, 0.29) is 0 Å². The van der Waals surface area contributed by atoms with Gasteiger partial charge >= 0.3 is 0 Å². The first-order valence-corrected chi connectivity index (χ1v) is 5.43. The molecule has 2 aromatic rings. The van der Waals surface area contributed by atoms with Gasteiger partial charge in [-0.25, -0.2) is 0 Å². The monoisotopic (exact) mass is 276 g/mol. The van der Waals surface area contributed by atoms with Crippen LogP contribution in [0.5, 0.6) is 0 Å². The average molecular weight is 276 g/mol. The van der Waals surface area contributed by atoms with Gasteiger partial charge in [-0.2, -0.15) is 8.75 Å². The first-order chi connectivity index (χ1) is 5.40. The van der Waals surface area contributed by atoms with Crippen molar-refractivity contribution in [2.24, 2.45) is 0 Å². The summed E-state index contributed by atoms with van der Waals surface area (Å²) in [7, 11) is 0. The van der Waals surface area contributed by atoms with E-state index in [0.717, 1.165) is 15.5 Å². The summed E-state index contributed by atoms with van der Waals surface area (Å²) >= 11 is 3.61. The number of alkyl halides is 1. The Balaban J connectivity index is 2.67. The van der Waals surface area contributed by atoms with Crippen molar-refractivity contribution < 1.29 is 0 Å². The van der Waals surface area contributed by atoms with Gasteiger partial charge in [-0.15, -0.1) is 0 Å². The number of aromatic nitrogens is 2. The second kappa shape index (κ2) is 3.02. The van der Waals surface area contributed by atoms with E-state index in [1.807, 2.05) is 6.07 Å². The first-order valence-electron chi connectivity index (χ1n) is 3.17. The number of rotatable bonds is 1. The smallest absolute Gasteiger partial charge is 0.105 e. The second-order valence-corrected chi connectivity index (χ2v) is 3.51. The molecule has 0 aliphatic rings. The number of hydrogen-bond acceptors (Lipinski definition) is 3. The molecule has 1 heterocycles. The van der Waals surface area contributed by atoms with Gasteiger partial charge in [0.05, 0.1) is 11.7 Å². The van der Waals surface area contributed by atoms with Crippen LogP contribution in [0.3, 0.4) is 0 Å². The van der Waals surface area contributed by atoms with Crippen LogP contribution in [-0.4, -0.2) is 8.75 Å². The molecule has 11 heavy (non-hydrogen) atoms. The predicted octanol–water partition coefficient (Wildman–Crippen LogP) is 2.63. The Morgan fingerprint density at radius 3 is 2.91 bits per heavy atom. The Labute approximate surface area is 82.1 Å². The topological polar surface area (TPSA) is 25.8 Å². The zero-order valence-corrected chi connectivity index (χ0v) is 8.59. The molecule has 0 saturated heterocycles. The van der Waals surface area contributed by atoms with Crippen molar-refractivity contribution in [3.63, 3.8) is 0 Å². The maximum atomic E-state index is 4.15. The van der Waals surface area contributed by atoms with Crippen LogP contribution in [-0.2, 0) is 4.43 Å². The molecule has 2 rings (SSSR count). The van der Waals surface area contributed by atoms with E-state index < -0.39 is 0 Å². The summed E-state index contributed by atoms with van der Waals surface area (Å²) in [5.74, 6) is 0. The summed E-state index contributed by atoms with van der Waals surface area (Å²) in [5, 5.41) is 0. The number of nitrogens with zero attached hydrogens (tertiary/aromatic N) is 2. The largest absolute Gasteiger partial charge is 0.173 e. The first kappa shape index (κ1) is 7.42. The highest BCUT2D eigenvalue weighted by atomic mass is 127. The van der Waals surface area contributed by atoms with Crippen LogP contribution in [0.2, 0.25) is 0 Å². The van der Waals surface area contributed by atoms with Gasteiger partial charge in [0.2, 0.25) is 0 Å². The molecule has 0 atom stereocenters. The van der Waals surface area contributed by atoms with E-state index in [0.29, 0.717) is 0 Å². The number of fused-ring (bicyclic) bond motifs is 1. The van der Waals surface area contributed by atoms with E-state index in [2.05, 4.69) is 43.5 Å². The van der Waals surface area contributed by atoms with Crippen LogP contribution < -0.4 is 0 Å². The lowest BCUT2D eigenvalue weighted by Crippen LogP contribution is -1.76. The van der Waals surface area contributed by atoms with Gasteiger partial charge in [-0.05, 0) is 17.7 Å². The minimum atomic E-state index is 1.00. The normalized spacial score (nSPS) is 10.6. The Hall–Kier alpha value is -0.230. The fraction of sp³-hybridized carbons (Fsp3) is 0.143. The molecule has 0 spiro atoms. The Kier molecular flexibility index (Phi) is 2.04. The van der Waals surface area contributed by atoms with Crippen molar-refractivity contribution in [2.45, 2.75) is 4.43 Å². The van der Waals surface area contributed by atoms with E-state index in [1.54, 1.807) is 0 Å². The molecule has 0 N–H and O–H groups in total. The molecule has 0 aliphatic carbocycles. The molecule has 56 valence electrons. The molecule has 4 heteroatoms. The zero-order valence-electron chi connectivity index (χ0n) is 5.62. The summed E-state index contributed by atoms with van der Waals surface area (Å²) in [6, 6.07) is 6.20. The summed E-state index contributed by atoms with van der Waals surface area (Å²) in [4.78, 5) is 0. The Bertz CT molecular complexity index is 371. The Morgan fingerprint density at radius 2 is 2.09 bits per heavy atom. The van der Waals surface area contributed by atoms with Gasteiger partial charge in [0.1, 0.15) is 11.0 Å². The standard InChI is InChI=1S/C7H5IN2S/c8-4-5-1-2-6-7(3-5)10-11-9-6/h1-3H,4H2. The quantitative estimate of drug-likeness (QED) is 0.591. The molecule has 0 radical (unpaired) electrons. The number of hydrogen-bond donors (Lipinski definition) is 0. The lowest BCUT2D eigenvalue weighted by atomic mass is 10.2. The summed E-state index contributed by atoms with van der Waals surface area (Å²) in [6.45, 7) is 0. The zero-order chi connectivity index (χ0) is 7.68. The van der Waals surface area contributed by atoms with Gasteiger partial charge in [-0.3, -0.25) is 0 Å². The minimum Gasteiger partial charge on any atom is -0.173 e. The van der Waals surface area contributed by atoms with Crippen molar-refractivity contribution in [1.82, 2.24) is 8.75 Å². The van der Waals surface area contributed by atoms with Crippen molar-refractivity contribution in [1.29, 1.82) is 0 Å². The third kappa shape index (κ3) is 1.37. The SMILES string of the molecule is ICc1ccc2nsnc2c1. The van der Waals surface area contributed by atoms with Gasteiger partial charge in [-0.1, -0.05) is 28.7 Å². The maximum absolute atomic E-state index is 4.15. The second-order valence-electron chi connectivity index (χ2n) is 2.22. The van der Waals surface area contributed by atoms with E-state index in [4.69, 9.17) is 0 Å². The number of benzene rings is 1. The molecule has 0 aliphatic heterocycles. The molecule has 0 amide bonds. The molecular formula is C7H5IN2S. The maximum Gasteiger partial charge on any atom is 0.105 e. The Morgan fingerprint density at radius 1 is 1.27 bits per heavy atom. The third-order valence-corrected chi connectivity index (χ3v) is 2.91. The van der Waals surface area contributed by atoms with Gasteiger partial charge in [0.25, 0.3) is 0 Å². The summed E-state index contributed by atoms with van der Waals surface area (Å²) in [5.41, 5.74) is 3.33. The fourth-order valence-corrected chi connectivity index (χ4v) is 1.90. The molecule has 0 fully saturated rings. The summed E-state index contributed by atoms with van der Waals surface area (Å²) in [6.07, 6.45) is 0. The highest BCUT2D eigenvalue weighted by Gasteiger charge is 1.97. The molecule has 2 nitrogen and oxygen atoms in total. The lowest BCUT2D eigenvalue weighted by Gasteiger charge is -1.91. The summed E-state index contributed by atoms with van der Waals surface area (Å²) < 4.78 is 9.31. The van der Waals surface area contributed by atoms with Crippen LogP contribution in [0, 0.1) is 0 Å². The van der Waals surface area contributed by atoms with Crippen molar-refractivity contribution in [3.05, 3.63) is 23.8 Å². The average Bonchev–Trinajstić information content (AvgIpc) is 2.50. The number of halogens is 1. The van der Waals surface area contributed by atoms with E-state index in [9.17, 15) is 0 Å². The molecule has 0 bridgehead atoms. The van der Waals surface area contributed by atoms with Gasteiger partial charge in [0, 0.05) is 4.43 Å². The third-order valence-electron chi connectivity index (χ3n) is 1.47. The fourth-order valence-electron chi connectivity index (χ4n) is 0.911. The van der Waals surface area contributed by atoms with Crippen LogP contribution in [0.4, 0.5) is 0 Å². The molecule has 1 aromatic carbocycles. The van der Waals surface area contributed by atoms with Crippen LogP contribution in [0.15, 0.2) is 18.2 Å². The van der Waals surface area contributed by atoms with Crippen molar-refractivity contribution in [3.8, 4) is 0 Å². The highest BCUT2D eigenvalue weighted by Crippen LogP contribution is 2.15. The van der Waals surface area contributed by atoms with Crippen LogP contribution >= 0.6 is 34.3 Å². The van der Waals surface area contributed by atoms with Gasteiger partial charge < -0.3 is 0 Å². The molecule has 0 unspecified atom stereocenters. The van der Waals surface area contributed by atoms with Crippen LogP contribution in [0.1, 0.15) is 5.56 Å². The lowest BCUT2D eigenvalue weighted by molar-refractivity contribution is 1.47. The van der Waals surface area contributed by atoms with Crippen LogP contribution in [0.25, 0.3) is 11.0 Å². The van der Waals surface area contributed by atoms with Crippen molar-refractivity contribution in [2.75, 3.05) is 0 Å². The molecule has 0 saturated carbocycles. The van der Waals surface area contributed by atoms with E-state index in [1.165, 1.54) is 17.3 Å². The highest BCUT2D eigenvalue weighted by molar-refractivity contribution is 14.1. The van der Waals surface area contributed by atoms with Crippen molar-refractivity contribution >= 4 is 45.4 Å². The molecular weight excluding hydrogens is 271 g/mol.